The van der Waals surface area contributed by atoms with Crippen LogP contribution in [0.3, 0.4) is 0 Å². The first-order valence-corrected chi connectivity index (χ1v) is 9.56. The van der Waals surface area contributed by atoms with Crippen LogP contribution in [0.5, 0.6) is 0 Å². The minimum absolute atomic E-state index is 0.0103. The number of carbonyl (C=O) groups excluding carboxylic acids is 1. The van der Waals surface area contributed by atoms with Crippen molar-refractivity contribution in [3.8, 4) is 0 Å². The summed E-state index contributed by atoms with van der Waals surface area (Å²) in [5.74, 6) is -0.561. The van der Waals surface area contributed by atoms with Gasteiger partial charge in [0, 0.05) is 36.5 Å². The highest BCUT2D eigenvalue weighted by atomic mass is 32.2. The summed E-state index contributed by atoms with van der Waals surface area (Å²) in [7, 11) is -3.72. The minimum Gasteiger partial charge on any atom is -0.379 e. The standard InChI is InChI=1S/C17H17N3O6S/c21-17(18-14-4-2-5-15(12-14)20(22)23)13-3-1-6-16(11-13)27(24,25)19-7-9-26-10-8-19/h1-6,11-12H,7-10H2,(H,18,21). The van der Waals surface area contributed by atoms with Gasteiger partial charge in [0.25, 0.3) is 11.6 Å². The van der Waals surface area contributed by atoms with Crippen molar-refractivity contribution in [1.82, 2.24) is 4.31 Å². The van der Waals surface area contributed by atoms with E-state index >= 15 is 0 Å². The number of sulfonamides is 1. The van der Waals surface area contributed by atoms with Gasteiger partial charge in [0.1, 0.15) is 0 Å². The summed E-state index contributed by atoms with van der Waals surface area (Å²) >= 11 is 0. The third kappa shape index (κ3) is 4.30. The predicted molar refractivity (Wildman–Crippen MR) is 97.1 cm³/mol. The zero-order valence-corrected chi connectivity index (χ0v) is 15.0. The number of morpholine rings is 1. The number of carbonyl (C=O) groups is 1. The van der Waals surface area contributed by atoms with Gasteiger partial charge in [0.15, 0.2) is 0 Å². The molecule has 0 bridgehead atoms. The fourth-order valence-corrected chi connectivity index (χ4v) is 4.09. The highest BCUT2D eigenvalue weighted by Crippen LogP contribution is 2.21. The monoisotopic (exact) mass is 391 g/mol. The molecule has 1 amide bonds. The first-order valence-electron chi connectivity index (χ1n) is 8.12. The summed E-state index contributed by atoms with van der Waals surface area (Å²) in [6.45, 7) is 1.16. The van der Waals surface area contributed by atoms with Crippen LogP contribution in [0.15, 0.2) is 53.4 Å². The normalized spacial score (nSPS) is 15.3. The maximum absolute atomic E-state index is 12.7. The van der Waals surface area contributed by atoms with Crippen molar-refractivity contribution in [1.29, 1.82) is 0 Å². The van der Waals surface area contributed by atoms with Crippen LogP contribution in [0.25, 0.3) is 0 Å². The Bertz CT molecular complexity index is 970. The number of rotatable bonds is 5. The number of nitro groups is 1. The van der Waals surface area contributed by atoms with Crippen LogP contribution < -0.4 is 5.32 Å². The molecule has 0 atom stereocenters. The van der Waals surface area contributed by atoms with E-state index in [1.54, 1.807) is 0 Å². The molecule has 2 aromatic rings. The second-order valence-corrected chi connectivity index (χ2v) is 7.74. The summed E-state index contributed by atoms with van der Waals surface area (Å²) < 4.78 is 31.9. The smallest absolute Gasteiger partial charge is 0.271 e. The summed E-state index contributed by atoms with van der Waals surface area (Å²) in [6, 6.07) is 11.2. The number of hydrogen-bond acceptors (Lipinski definition) is 6. The molecule has 2 aromatic carbocycles. The molecule has 1 heterocycles. The summed E-state index contributed by atoms with van der Waals surface area (Å²) in [6.07, 6.45) is 0. The number of ether oxygens (including phenoxy) is 1. The van der Waals surface area contributed by atoms with Gasteiger partial charge in [-0.05, 0) is 24.3 Å². The highest BCUT2D eigenvalue weighted by Gasteiger charge is 2.26. The van der Waals surface area contributed by atoms with Crippen LogP contribution in [0, 0.1) is 10.1 Å². The maximum Gasteiger partial charge on any atom is 0.271 e. The molecule has 0 unspecified atom stereocenters. The molecule has 0 aromatic heterocycles. The van der Waals surface area contributed by atoms with E-state index in [9.17, 15) is 23.3 Å². The molecule has 1 aliphatic heterocycles. The lowest BCUT2D eigenvalue weighted by Gasteiger charge is -2.26. The Hall–Kier alpha value is -2.82. The van der Waals surface area contributed by atoms with Crippen molar-refractivity contribution in [3.05, 3.63) is 64.2 Å². The van der Waals surface area contributed by atoms with Crippen LogP contribution >= 0.6 is 0 Å². The van der Waals surface area contributed by atoms with Crippen molar-refractivity contribution in [2.24, 2.45) is 0 Å². The third-order valence-electron chi connectivity index (χ3n) is 4.02. The van der Waals surface area contributed by atoms with Crippen LogP contribution in [0.4, 0.5) is 11.4 Å². The van der Waals surface area contributed by atoms with Gasteiger partial charge in [-0.3, -0.25) is 14.9 Å². The fraction of sp³-hybridized carbons (Fsp3) is 0.235. The molecule has 0 aliphatic carbocycles. The number of nitrogens with zero attached hydrogens (tertiary/aromatic N) is 2. The van der Waals surface area contributed by atoms with E-state index in [2.05, 4.69) is 5.32 Å². The molecule has 0 radical (unpaired) electrons. The maximum atomic E-state index is 12.7. The van der Waals surface area contributed by atoms with Gasteiger partial charge in [-0.2, -0.15) is 4.31 Å². The quantitative estimate of drug-likeness (QED) is 0.614. The van der Waals surface area contributed by atoms with E-state index in [4.69, 9.17) is 4.74 Å². The van der Waals surface area contributed by atoms with Crippen molar-refractivity contribution in [2.75, 3.05) is 31.6 Å². The number of non-ortho nitro benzene ring substituents is 1. The van der Waals surface area contributed by atoms with Gasteiger partial charge in [-0.25, -0.2) is 8.42 Å². The van der Waals surface area contributed by atoms with Crippen molar-refractivity contribution >= 4 is 27.3 Å². The number of nitrogens with one attached hydrogen (secondary N) is 1. The van der Waals surface area contributed by atoms with Crippen LogP contribution in [0.2, 0.25) is 0 Å². The van der Waals surface area contributed by atoms with Crippen LogP contribution in [0.1, 0.15) is 10.4 Å². The summed E-state index contributed by atoms with van der Waals surface area (Å²) in [5, 5.41) is 13.4. The molecule has 0 saturated carbocycles. The van der Waals surface area contributed by atoms with Gasteiger partial charge in [0.05, 0.1) is 23.0 Å². The molecule has 0 spiro atoms. The van der Waals surface area contributed by atoms with Gasteiger partial charge in [-0.1, -0.05) is 12.1 Å². The Morgan fingerprint density at radius 2 is 1.81 bits per heavy atom. The zero-order chi connectivity index (χ0) is 19.4. The largest absolute Gasteiger partial charge is 0.379 e. The number of anilines is 1. The Labute approximate surface area is 155 Å². The van der Waals surface area contributed by atoms with Gasteiger partial charge < -0.3 is 10.1 Å². The van der Waals surface area contributed by atoms with E-state index in [1.165, 1.54) is 52.8 Å². The Balaban J connectivity index is 1.81. The predicted octanol–water partition coefficient (Wildman–Crippen LogP) is 1.87. The molecule has 1 aliphatic rings. The van der Waals surface area contributed by atoms with Crippen LogP contribution in [-0.2, 0) is 14.8 Å². The average molecular weight is 391 g/mol. The first kappa shape index (κ1) is 19.0. The van der Waals surface area contributed by atoms with E-state index in [-0.39, 0.29) is 34.9 Å². The molecular formula is C17H17N3O6S. The summed E-state index contributed by atoms with van der Waals surface area (Å²) in [4.78, 5) is 22.7. The van der Waals surface area contributed by atoms with Gasteiger partial charge in [-0.15, -0.1) is 0 Å². The van der Waals surface area contributed by atoms with Crippen molar-refractivity contribution in [3.63, 3.8) is 0 Å². The van der Waals surface area contributed by atoms with Gasteiger partial charge in [0.2, 0.25) is 10.0 Å². The van der Waals surface area contributed by atoms with E-state index < -0.39 is 20.9 Å². The van der Waals surface area contributed by atoms with E-state index in [0.29, 0.717) is 13.2 Å². The van der Waals surface area contributed by atoms with Gasteiger partial charge >= 0.3 is 0 Å². The Kier molecular flexibility index (Phi) is 5.49. The molecule has 142 valence electrons. The molecular weight excluding hydrogens is 374 g/mol. The lowest BCUT2D eigenvalue weighted by Crippen LogP contribution is -2.40. The SMILES string of the molecule is O=C(Nc1cccc([N+](=O)[O-])c1)c1cccc(S(=O)(=O)N2CCOCC2)c1. The third-order valence-corrected chi connectivity index (χ3v) is 5.91. The lowest BCUT2D eigenvalue weighted by atomic mass is 10.2. The van der Waals surface area contributed by atoms with Crippen molar-refractivity contribution in [2.45, 2.75) is 4.90 Å². The molecule has 1 saturated heterocycles. The van der Waals surface area contributed by atoms with Crippen molar-refractivity contribution < 1.29 is 22.9 Å². The fourth-order valence-electron chi connectivity index (χ4n) is 2.63. The number of nitro benzene ring substituents is 1. The minimum atomic E-state index is -3.72. The molecule has 10 heteroatoms. The average Bonchev–Trinajstić information content (AvgIpc) is 2.69. The second kappa shape index (κ2) is 7.82. The zero-order valence-electron chi connectivity index (χ0n) is 14.2. The van der Waals surface area contributed by atoms with E-state index in [0.717, 1.165) is 0 Å². The van der Waals surface area contributed by atoms with Crippen LogP contribution in [-0.4, -0.2) is 49.9 Å². The number of benzene rings is 2. The first-order chi connectivity index (χ1) is 12.9. The molecule has 9 nitrogen and oxygen atoms in total. The highest BCUT2D eigenvalue weighted by molar-refractivity contribution is 7.89. The molecule has 1 fully saturated rings. The topological polar surface area (TPSA) is 119 Å². The van der Waals surface area contributed by atoms with E-state index in [1.807, 2.05) is 0 Å². The lowest BCUT2D eigenvalue weighted by molar-refractivity contribution is -0.384. The molecule has 3 rings (SSSR count). The number of amides is 1. The summed E-state index contributed by atoms with van der Waals surface area (Å²) in [5.41, 5.74) is 0.225. The number of hydrogen-bond donors (Lipinski definition) is 1. The second-order valence-electron chi connectivity index (χ2n) is 5.81. The molecule has 27 heavy (non-hydrogen) atoms. The molecule has 1 N–H and O–H groups in total. The Morgan fingerprint density at radius 1 is 1.11 bits per heavy atom. The Morgan fingerprint density at radius 3 is 2.52 bits per heavy atom.